The molecular weight excluding hydrogens is 258 g/mol. The van der Waals surface area contributed by atoms with Crippen molar-refractivity contribution in [2.45, 2.75) is 32.6 Å². The van der Waals surface area contributed by atoms with Crippen molar-refractivity contribution in [3.8, 4) is 0 Å². The average Bonchev–Trinajstić information content (AvgIpc) is 2.69. The molecule has 2 nitrogen and oxygen atoms in total. The maximum absolute atomic E-state index is 12.1. The summed E-state index contributed by atoms with van der Waals surface area (Å²) in [5.74, 6) is 0.110. The summed E-state index contributed by atoms with van der Waals surface area (Å²) in [5, 5.41) is 0.740. The Hall–Kier alpha value is -1.28. The molecular formula is C16H20ClNO. The van der Waals surface area contributed by atoms with Gasteiger partial charge in [-0.1, -0.05) is 36.6 Å². The Bertz CT molecular complexity index is 474. The molecule has 1 aliphatic rings. The van der Waals surface area contributed by atoms with E-state index in [-0.39, 0.29) is 5.91 Å². The molecule has 1 saturated heterocycles. The number of halogens is 1. The minimum Gasteiger partial charge on any atom is -0.339 e. The molecule has 1 amide bonds. The molecule has 102 valence electrons. The maximum Gasteiger partial charge on any atom is 0.246 e. The summed E-state index contributed by atoms with van der Waals surface area (Å²) in [6, 6.07) is 5.84. The predicted octanol–water partition coefficient (Wildman–Crippen LogP) is 4.06. The van der Waals surface area contributed by atoms with Gasteiger partial charge in [0.25, 0.3) is 0 Å². The Balaban J connectivity index is 2.00. The van der Waals surface area contributed by atoms with E-state index in [1.807, 2.05) is 36.1 Å². The van der Waals surface area contributed by atoms with Gasteiger partial charge in [0.2, 0.25) is 5.91 Å². The van der Waals surface area contributed by atoms with Crippen LogP contribution in [0.5, 0.6) is 0 Å². The highest BCUT2D eigenvalue weighted by atomic mass is 35.5. The first-order chi connectivity index (χ1) is 9.16. The van der Waals surface area contributed by atoms with Crippen LogP contribution in [0, 0.1) is 6.92 Å². The molecule has 0 bridgehead atoms. The number of carbonyl (C=O) groups excluding carboxylic acids is 1. The van der Waals surface area contributed by atoms with Crippen molar-refractivity contribution in [1.29, 1.82) is 0 Å². The molecule has 0 atom stereocenters. The van der Waals surface area contributed by atoms with Crippen molar-refractivity contribution >= 4 is 23.6 Å². The molecule has 0 unspecified atom stereocenters. The third-order valence-electron chi connectivity index (χ3n) is 3.53. The molecule has 1 aliphatic heterocycles. The largest absolute Gasteiger partial charge is 0.339 e. The molecule has 0 saturated carbocycles. The second-order valence-electron chi connectivity index (χ2n) is 5.08. The Morgan fingerprint density at radius 3 is 2.53 bits per heavy atom. The first-order valence-electron chi connectivity index (χ1n) is 6.90. The van der Waals surface area contributed by atoms with E-state index in [0.29, 0.717) is 0 Å². The Kier molecular flexibility index (Phi) is 5.03. The molecule has 0 radical (unpaired) electrons. The van der Waals surface area contributed by atoms with Gasteiger partial charge in [-0.25, -0.2) is 0 Å². The monoisotopic (exact) mass is 277 g/mol. The fourth-order valence-electron chi connectivity index (χ4n) is 2.28. The van der Waals surface area contributed by atoms with Crippen LogP contribution in [-0.4, -0.2) is 23.9 Å². The summed E-state index contributed by atoms with van der Waals surface area (Å²) in [6.07, 6.45) is 8.22. The van der Waals surface area contributed by atoms with E-state index < -0.39 is 0 Å². The van der Waals surface area contributed by atoms with Crippen molar-refractivity contribution in [2.75, 3.05) is 13.1 Å². The number of hydrogen-bond acceptors (Lipinski definition) is 1. The fourth-order valence-corrected chi connectivity index (χ4v) is 2.47. The minimum absolute atomic E-state index is 0.110. The quantitative estimate of drug-likeness (QED) is 0.747. The second kappa shape index (κ2) is 6.76. The zero-order valence-electron chi connectivity index (χ0n) is 11.4. The molecule has 19 heavy (non-hydrogen) atoms. The second-order valence-corrected chi connectivity index (χ2v) is 5.49. The van der Waals surface area contributed by atoms with Crippen LogP contribution in [0.2, 0.25) is 5.02 Å². The van der Waals surface area contributed by atoms with E-state index in [9.17, 15) is 4.79 Å². The van der Waals surface area contributed by atoms with Crippen LogP contribution in [0.25, 0.3) is 6.08 Å². The van der Waals surface area contributed by atoms with Crippen molar-refractivity contribution in [1.82, 2.24) is 4.90 Å². The zero-order valence-corrected chi connectivity index (χ0v) is 12.1. The molecule has 0 spiro atoms. The first kappa shape index (κ1) is 14.1. The van der Waals surface area contributed by atoms with Gasteiger partial charge in [-0.2, -0.15) is 0 Å². The normalized spacial score (nSPS) is 16.6. The number of carbonyl (C=O) groups is 1. The third kappa shape index (κ3) is 4.10. The molecule has 2 rings (SSSR count). The lowest BCUT2D eigenvalue weighted by Gasteiger charge is -2.17. The molecule has 0 aromatic heterocycles. The highest BCUT2D eigenvalue weighted by Gasteiger charge is 2.12. The van der Waals surface area contributed by atoms with E-state index in [1.165, 1.54) is 12.8 Å². The zero-order chi connectivity index (χ0) is 13.7. The lowest BCUT2D eigenvalue weighted by atomic mass is 10.1. The van der Waals surface area contributed by atoms with Gasteiger partial charge in [-0.05, 0) is 43.0 Å². The summed E-state index contributed by atoms with van der Waals surface area (Å²) < 4.78 is 0. The molecule has 3 heteroatoms. The Morgan fingerprint density at radius 1 is 1.21 bits per heavy atom. The SMILES string of the molecule is Cc1ccc(/C=C/C(=O)N2CCCCCC2)cc1Cl. The highest BCUT2D eigenvalue weighted by Crippen LogP contribution is 2.17. The van der Waals surface area contributed by atoms with Gasteiger partial charge in [0, 0.05) is 24.2 Å². The van der Waals surface area contributed by atoms with E-state index in [4.69, 9.17) is 11.6 Å². The van der Waals surface area contributed by atoms with Crippen molar-refractivity contribution < 1.29 is 4.79 Å². The van der Waals surface area contributed by atoms with Crippen LogP contribution in [-0.2, 0) is 4.79 Å². The maximum atomic E-state index is 12.1. The lowest BCUT2D eigenvalue weighted by molar-refractivity contribution is -0.125. The minimum atomic E-state index is 0.110. The van der Waals surface area contributed by atoms with Crippen LogP contribution in [0.3, 0.4) is 0 Å². The molecule has 1 fully saturated rings. The number of nitrogens with zero attached hydrogens (tertiary/aromatic N) is 1. The fraction of sp³-hybridized carbons (Fsp3) is 0.438. The van der Waals surface area contributed by atoms with Crippen LogP contribution in [0.4, 0.5) is 0 Å². The summed E-state index contributed by atoms with van der Waals surface area (Å²) in [5.41, 5.74) is 2.02. The molecule has 1 aromatic rings. The van der Waals surface area contributed by atoms with Gasteiger partial charge in [0.05, 0.1) is 0 Å². The van der Waals surface area contributed by atoms with Crippen molar-refractivity contribution in [3.63, 3.8) is 0 Å². The molecule has 1 heterocycles. The molecule has 0 N–H and O–H groups in total. The van der Waals surface area contributed by atoms with Gasteiger partial charge in [0.15, 0.2) is 0 Å². The summed E-state index contributed by atoms with van der Waals surface area (Å²) >= 11 is 6.07. The number of rotatable bonds is 2. The predicted molar refractivity (Wildman–Crippen MR) is 80.3 cm³/mol. The number of amides is 1. The van der Waals surface area contributed by atoms with E-state index in [1.54, 1.807) is 6.08 Å². The van der Waals surface area contributed by atoms with Crippen LogP contribution >= 0.6 is 11.6 Å². The highest BCUT2D eigenvalue weighted by molar-refractivity contribution is 6.31. The standard InChI is InChI=1S/C16H20ClNO/c1-13-6-7-14(12-15(13)17)8-9-16(19)18-10-4-2-3-5-11-18/h6-9,12H,2-5,10-11H2,1H3/b9-8+. The molecule has 0 aliphatic carbocycles. The van der Waals surface area contributed by atoms with Crippen LogP contribution < -0.4 is 0 Å². The molecule has 1 aromatic carbocycles. The van der Waals surface area contributed by atoms with Gasteiger partial charge >= 0.3 is 0 Å². The summed E-state index contributed by atoms with van der Waals surface area (Å²) in [7, 11) is 0. The third-order valence-corrected chi connectivity index (χ3v) is 3.94. The number of aryl methyl sites for hydroxylation is 1. The summed E-state index contributed by atoms with van der Waals surface area (Å²) in [4.78, 5) is 14.0. The lowest BCUT2D eigenvalue weighted by Crippen LogP contribution is -2.30. The number of hydrogen-bond donors (Lipinski definition) is 0. The van der Waals surface area contributed by atoms with Crippen molar-refractivity contribution in [3.05, 3.63) is 40.4 Å². The van der Waals surface area contributed by atoms with E-state index >= 15 is 0 Å². The van der Waals surface area contributed by atoms with E-state index in [2.05, 4.69) is 0 Å². The topological polar surface area (TPSA) is 20.3 Å². The van der Waals surface area contributed by atoms with Crippen molar-refractivity contribution in [2.24, 2.45) is 0 Å². The first-order valence-corrected chi connectivity index (χ1v) is 7.28. The number of likely N-dealkylation sites (tertiary alicyclic amines) is 1. The van der Waals surface area contributed by atoms with Crippen LogP contribution in [0.1, 0.15) is 36.8 Å². The van der Waals surface area contributed by atoms with Gasteiger partial charge in [-0.3, -0.25) is 4.79 Å². The average molecular weight is 278 g/mol. The Labute approximate surface area is 120 Å². The van der Waals surface area contributed by atoms with Gasteiger partial charge in [-0.15, -0.1) is 0 Å². The smallest absolute Gasteiger partial charge is 0.246 e. The van der Waals surface area contributed by atoms with E-state index in [0.717, 1.165) is 42.1 Å². The van der Waals surface area contributed by atoms with Gasteiger partial charge < -0.3 is 4.90 Å². The van der Waals surface area contributed by atoms with Crippen LogP contribution in [0.15, 0.2) is 24.3 Å². The number of benzene rings is 1. The Morgan fingerprint density at radius 2 is 1.89 bits per heavy atom. The van der Waals surface area contributed by atoms with Gasteiger partial charge in [0.1, 0.15) is 0 Å². The summed E-state index contributed by atoms with van der Waals surface area (Å²) in [6.45, 7) is 3.74.